The Morgan fingerprint density at radius 2 is 1.85 bits per heavy atom. The van der Waals surface area contributed by atoms with E-state index in [1.165, 1.54) is 6.26 Å². The van der Waals surface area contributed by atoms with Crippen molar-refractivity contribution in [1.29, 1.82) is 0 Å². The van der Waals surface area contributed by atoms with Gasteiger partial charge < -0.3 is 15.5 Å². The lowest BCUT2D eigenvalue weighted by Gasteiger charge is -2.07. The highest BCUT2D eigenvalue weighted by molar-refractivity contribution is 6.30. The van der Waals surface area contributed by atoms with Gasteiger partial charge in [-0.15, -0.1) is 0 Å². The summed E-state index contributed by atoms with van der Waals surface area (Å²) >= 11 is 5.86. The molecule has 1 unspecified atom stereocenters. The lowest BCUT2D eigenvalue weighted by molar-refractivity contribution is 0.0949. The largest absolute Gasteiger partial charge is 0.446 e. The normalized spacial score (nSPS) is 11.9. The van der Waals surface area contributed by atoms with Gasteiger partial charge in [0.1, 0.15) is 6.26 Å². The molecule has 6 heteroatoms. The lowest BCUT2D eigenvalue weighted by atomic mass is 10.1. The fourth-order valence-electron chi connectivity index (χ4n) is 2.58. The monoisotopic (exact) mass is 369 g/mol. The van der Waals surface area contributed by atoms with E-state index in [0.29, 0.717) is 30.3 Å². The summed E-state index contributed by atoms with van der Waals surface area (Å²) in [5.74, 6) is 0.0811. The van der Waals surface area contributed by atoms with Crippen LogP contribution in [0.3, 0.4) is 0 Å². The van der Waals surface area contributed by atoms with E-state index in [1.54, 1.807) is 0 Å². The SMILES string of the molecule is NC(Cc1ccccc1)c1nc(C(=O)NCCc2ccc(Cl)cc2)co1. The summed E-state index contributed by atoms with van der Waals surface area (Å²) in [6.07, 6.45) is 2.65. The summed E-state index contributed by atoms with van der Waals surface area (Å²) in [4.78, 5) is 16.4. The van der Waals surface area contributed by atoms with E-state index in [0.717, 1.165) is 11.1 Å². The molecule has 26 heavy (non-hydrogen) atoms. The summed E-state index contributed by atoms with van der Waals surface area (Å²) in [7, 11) is 0. The van der Waals surface area contributed by atoms with Crippen molar-refractivity contribution in [1.82, 2.24) is 10.3 Å². The van der Waals surface area contributed by atoms with E-state index < -0.39 is 6.04 Å². The predicted molar refractivity (Wildman–Crippen MR) is 101 cm³/mol. The van der Waals surface area contributed by atoms with E-state index in [-0.39, 0.29) is 11.6 Å². The van der Waals surface area contributed by atoms with Crippen molar-refractivity contribution < 1.29 is 9.21 Å². The zero-order valence-corrected chi connectivity index (χ0v) is 14.9. The van der Waals surface area contributed by atoms with E-state index in [2.05, 4.69) is 10.3 Å². The molecule has 1 amide bonds. The van der Waals surface area contributed by atoms with Crippen molar-refractivity contribution in [3.8, 4) is 0 Å². The van der Waals surface area contributed by atoms with Crippen LogP contribution in [0.15, 0.2) is 65.3 Å². The van der Waals surface area contributed by atoms with Gasteiger partial charge in [0.05, 0.1) is 6.04 Å². The minimum absolute atomic E-state index is 0.236. The number of nitrogens with one attached hydrogen (secondary N) is 1. The van der Waals surface area contributed by atoms with Gasteiger partial charge in [-0.1, -0.05) is 54.1 Å². The van der Waals surface area contributed by atoms with Gasteiger partial charge in [-0.25, -0.2) is 4.98 Å². The number of benzene rings is 2. The first-order chi connectivity index (χ1) is 12.6. The Bertz CT molecular complexity index is 847. The summed E-state index contributed by atoms with van der Waals surface area (Å²) in [5.41, 5.74) is 8.55. The first-order valence-corrected chi connectivity index (χ1v) is 8.77. The summed E-state index contributed by atoms with van der Waals surface area (Å²) < 4.78 is 5.39. The average molecular weight is 370 g/mol. The number of oxazole rings is 1. The van der Waals surface area contributed by atoms with Crippen LogP contribution < -0.4 is 11.1 Å². The highest BCUT2D eigenvalue weighted by Crippen LogP contribution is 2.16. The van der Waals surface area contributed by atoms with Crippen LogP contribution in [0.25, 0.3) is 0 Å². The van der Waals surface area contributed by atoms with Gasteiger partial charge in [-0.05, 0) is 36.1 Å². The third-order valence-corrected chi connectivity index (χ3v) is 4.23. The molecule has 1 heterocycles. The Balaban J connectivity index is 1.51. The number of carbonyl (C=O) groups excluding carboxylic acids is 1. The third-order valence-electron chi connectivity index (χ3n) is 3.98. The molecule has 0 radical (unpaired) electrons. The second kappa shape index (κ2) is 8.65. The van der Waals surface area contributed by atoms with Crippen LogP contribution in [0.2, 0.25) is 5.02 Å². The minimum Gasteiger partial charge on any atom is -0.446 e. The van der Waals surface area contributed by atoms with Crippen LogP contribution in [0.4, 0.5) is 0 Å². The van der Waals surface area contributed by atoms with Gasteiger partial charge in [-0.3, -0.25) is 4.79 Å². The number of rotatable bonds is 7. The van der Waals surface area contributed by atoms with Crippen molar-refractivity contribution >= 4 is 17.5 Å². The molecule has 0 aliphatic carbocycles. The second-order valence-corrected chi connectivity index (χ2v) is 6.44. The zero-order valence-electron chi connectivity index (χ0n) is 14.2. The van der Waals surface area contributed by atoms with Gasteiger partial charge in [0, 0.05) is 11.6 Å². The molecule has 0 aliphatic rings. The summed E-state index contributed by atoms with van der Waals surface area (Å²) in [5, 5.41) is 3.52. The molecule has 0 saturated heterocycles. The number of nitrogens with zero attached hydrogens (tertiary/aromatic N) is 1. The molecule has 3 aromatic rings. The molecule has 0 aliphatic heterocycles. The molecule has 1 atom stereocenters. The van der Waals surface area contributed by atoms with E-state index >= 15 is 0 Å². The molecule has 3 N–H and O–H groups in total. The van der Waals surface area contributed by atoms with Crippen LogP contribution >= 0.6 is 11.6 Å². The molecule has 134 valence electrons. The van der Waals surface area contributed by atoms with Crippen molar-refractivity contribution in [3.05, 3.63) is 88.6 Å². The molecule has 5 nitrogen and oxygen atoms in total. The van der Waals surface area contributed by atoms with Gasteiger partial charge in [0.15, 0.2) is 5.69 Å². The topological polar surface area (TPSA) is 81.1 Å². The highest BCUT2D eigenvalue weighted by Gasteiger charge is 2.17. The van der Waals surface area contributed by atoms with Gasteiger partial charge >= 0.3 is 0 Å². The molecule has 0 fully saturated rings. The fourth-order valence-corrected chi connectivity index (χ4v) is 2.71. The molecule has 0 spiro atoms. The van der Waals surface area contributed by atoms with Crippen LogP contribution in [0.5, 0.6) is 0 Å². The molecule has 2 aromatic carbocycles. The van der Waals surface area contributed by atoms with Gasteiger partial charge in [0.2, 0.25) is 5.89 Å². The maximum atomic E-state index is 12.2. The smallest absolute Gasteiger partial charge is 0.273 e. The fraction of sp³-hybridized carbons (Fsp3) is 0.200. The summed E-state index contributed by atoms with van der Waals surface area (Å²) in [6.45, 7) is 0.499. The number of hydrogen-bond acceptors (Lipinski definition) is 4. The zero-order chi connectivity index (χ0) is 18.4. The number of carbonyl (C=O) groups is 1. The molecule has 0 bridgehead atoms. The minimum atomic E-state index is -0.395. The first-order valence-electron chi connectivity index (χ1n) is 8.39. The second-order valence-electron chi connectivity index (χ2n) is 6.00. The molecular weight excluding hydrogens is 350 g/mol. The number of halogens is 1. The molecular formula is C20H20ClN3O2. The quantitative estimate of drug-likeness (QED) is 0.667. The number of aromatic nitrogens is 1. The van der Waals surface area contributed by atoms with Crippen molar-refractivity contribution in [3.63, 3.8) is 0 Å². The van der Waals surface area contributed by atoms with Crippen molar-refractivity contribution in [2.75, 3.05) is 6.54 Å². The van der Waals surface area contributed by atoms with Crippen molar-refractivity contribution in [2.24, 2.45) is 5.73 Å². The Morgan fingerprint density at radius 3 is 2.58 bits per heavy atom. The van der Waals surface area contributed by atoms with Crippen LogP contribution in [-0.4, -0.2) is 17.4 Å². The number of nitrogens with two attached hydrogens (primary N) is 1. The Morgan fingerprint density at radius 1 is 1.12 bits per heavy atom. The molecule has 1 aromatic heterocycles. The number of amides is 1. The first kappa shape index (κ1) is 18.2. The lowest BCUT2D eigenvalue weighted by Crippen LogP contribution is -2.26. The van der Waals surface area contributed by atoms with Crippen LogP contribution in [-0.2, 0) is 12.8 Å². The maximum absolute atomic E-state index is 12.2. The van der Waals surface area contributed by atoms with Gasteiger partial charge in [0.25, 0.3) is 5.91 Å². The van der Waals surface area contributed by atoms with Crippen molar-refractivity contribution in [2.45, 2.75) is 18.9 Å². The predicted octanol–water partition coefficient (Wildman–Crippen LogP) is 3.54. The third kappa shape index (κ3) is 4.94. The van der Waals surface area contributed by atoms with E-state index in [9.17, 15) is 4.79 Å². The van der Waals surface area contributed by atoms with E-state index in [1.807, 2.05) is 54.6 Å². The Kier molecular flexibility index (Phi) is 6.04. The molecule has 3 rings (SSSR count). The number of hydrogen-bond donors (Lipinski definition) is 2. The Labute approximate surface area is 157 Å². The average Bonchev–Trinajstić information content (AvgIpc) is 3.15. The highest BCUT2D eigenvalue weighted by atomic mass is 35.5. The van der Waals surface area contributed by atoms with E-state index in [4.69, 9.17) is 21.8 Å². The van der Waals surface area contributed by atoms with Gasteiger partial charge in [-0.2, -0.15) is 0 Å². The maximum Gasteiger partial charge on any atom is 0.273 e. The van der Waals surface area contributed by atoms with Crippen LogP contribution in [0.1, 0.15) is 33.5 Å². The standard InChI is InChI=1S/C20H20ClN3O2/c21-16-8-6-14(7-9-16)10-11-23-19(25)18-13-26-20(24-18)17(22)12-15-4-2-1-3-5-15/h1-9,13,17H,10-12,22H2,(H,23,25). The summed E-state index contributed by atoms with van der Waals surface area (Å²) in [6, 6.07) is 17.0. The van der Waals surface area contributed by atoms with Crippen LogP contribution in [0, 0.1) is 0 Å². The Hall–Kier alpha value is -2.63. The molecule has 0 saturated carbocycles.